The number of halogens is 2. The average Bonchev–Trinajstić information content (AvgIpc) is 2.88. The van der Waals surface area contributed by atoms with Crippen molar-refractivity contribution in [2.45, 2.75) is 25.9 Å². The number of carbonyl (C=O) groups excluding carboxylic acids is 1. The molecule has 0 aliphatic rings. The zero-order valence-electron chi connectivity index (χ0n) is 10.9. The van der Waals surface area contributed by atoms with Gasteiger partial charge in [-0.25, -0.2) is 5.10 Å². The summed E-state index contributed by atoms with van der Waals surface area (Å²) in [5.41, 5.74) is 1.69. The standard InChI is InChI=1S/C14H14Cl2N2O2/c1-2-11-7-14(18-17-11)20-12(8-19)5-9-3-4-10(15)6-13(9)16/h3-4,6-8,12H,2,5H2,1H3,(H,17,18). The van der Waals surface area contributed by atoms with Crippen LogP contribution in [0.1, 0.15) is 18.2 Å². The van der Waals surface area contributed by atoms with Crippen LogP contribution in [0.25, 0.3) is 0 Å². The molecule has 1 atom stereocenters. The van der Waals surface area contributed by atoms with Crippen LogP contribution in [-0.2, 0) is 17.6 Å². The van der Waals surface area contributed by atoms with Crippen molar-refractivity contribution in [2.75, 3.05) is 0 Å². The van der Waals surface area contributed by atoms with E-state index in [-0.39, 0.29) is 0 Å². The third-order valence-corrected chi connectivity index (χ3v) is 3.42. The van der Waals surface area contributed by atoms with Crippen LogP contribution in [0.5, 0.6) is 5.88 Å². The van der Waals surface area contributed by atoms with Crippen molar-refractivity contribution in [3.8, 4) is 5.88 Å². The summed E-state index contributed by atoms with van der Waals surface area (Å²) in [7, 11) is 0. The van der Waals surface area contributed by atoms with Crippen molar-refractivity contribution in [1.29, 1.82) is 0 Å². The Morgan fingerprint density at radius 1 is 1.40 bits per heavy atom. The topological polar surface area (TPSA) is 55.0 Å². The summed E-state index contributed by atoms with van der Waals surface area (Å²) in [6.07, 6.45) is 1.30. The summed E-state index contributed by atoms with van der Waals surface area (Å²) in [5, 5.41) is 7.87. The molecule has 1 heterocycles. The zero-order chi connectivity index (χ0) is 14.5. The van der Waals surface area contributed by atoms with E-state index in [2.05, 4.69) is 10.2 Å². The van der Waals surface area contributed by atoms with Gasteiger partial charge >= 0.3 is 0 Å². The smallest absolute Gasteiger partial charge is 0.210 e. The lowest BCUT2D eigenvalue weighted by Gasteiger charge is -2.12. The van der Waals surface area contributed by atoms with Crippen molar-refractivity contribution >= 4 is 29.5 Å². The Bertz CT molecular complexity index is 599. The molecule has 0 radical (unpaired) electrons. The van der Waals surface area contributed by atoms with E-state index in [1.807, 2.05) is 6.92 Å². The van der Waals surface area contributed by atoms with E-state index in [1.54, 1.807) is 24.3 Å². The lowest BCUT2D eigenvalue weighted by molar-refractivity contribution is -0.113. The normalized spacial score (nSPS) is 12.2. The number of nitrogens with one attached hydrogen (secondary N) is 1. The van der Waals surface area contributed by atoms with Crippen LogP contribution >= 0.6 is 23.2 Å². The number of rotatable bonds is 6. The summed E-state index contributed by atoms with van der Waals surface area (Å²) in [5.74, 6) is 0.476. The van der Waals surface area contributed by atoms with Crippen molar-refractivity contribution in [3.05, 3.63) is 45.6 Å². The quantitative estimate of drug-likeness (QED) is 0.831. The average molecular weight is 313 g/mol. The molecule has 0 bridgehead atoms. The fourth-order valence-electron chi connectivity index (χ4n) is 1.77. The second kappa shape index (κ2) is 6.77. The van der Waals surface area contributed by atoms with Crippen LogP contribution in [0.2, 0.25) is 10.0 Å². The highest BCUT2D eigenvalue weighted by atomic mass is 35.5. The van der Waals surface area contributed by atoms with Gasteiger partial charge in [-0.05, 0) is 24.1 Å². The van der Waals surface area contributed by atoms with Gasteiger partial charge in [-0.1, -0.05) is 36.2 Å². The van der Waals surface area contributed by atoms with E-state index < -0.39 is 6.10 Å². The maximum Gasteiger partial charge on any atom is 0.210 e. The van der Waals surface area contributed by atoms with Crippen LogP contribution < -0.4 is 4.74 Å². The first-order valence-corrected chi connectivity index (χ1v) is 6.98. The first-order chi connectivity index (χ1) is 9.62. The van der Waals surface area contributed by atoms with Gasteiger partial charge in [0, 0.05) is 22.5 Å². The van der Waals surface area contributed by atoms with E-state index in [0.717, 1.165) is 24.0 Å². The number of aldehydes is 1. The van der Waals surface area contributed by atoms with Gasteiger partial charge in [-0.3, -0.25) is 4.79 Å². The molecule has 0 saturated carbocycles. The molecule has 2 rings (SSSR count). The predicted molar refractivity (Wildman–Crippen MR) is 78.6 cm³/mol. The van der Waals surface area contributed by atoms with Crippen LogP contribution in [0.3, 0.4) is 0 Å². The molecule has 106 valence electrons. The van der Waals surface area contributed by atoms with Gasteiger partial charge in [0.15, 0.2) is 12.4 Å². The molecular weight excluding hydrogens is 299 g/mol. The molecule has 0 saturated heterocycles. The van der Waals surface area contributed by atoms with Crippen molar-refractivity contribution in [2.24, 2.45) is 0 Å². The maximum atomic E-state index is 11.1. The Kier molecular flexibility index (Phi) is 5.04. The van der Waals surface area contributed by atoms with Gasteiger partial charge in [0.05, 0.1) is 5.69 Å². The van der Waals surface area contributed by atoms with Gasteiger partial charge < -0.3 is 4.74 Å². The Morgan fingerprint density at radius 3 is 2.80 bits per heavy atom. The SMILES string of the molecule is CCc1cc(OC(C=O)Cc2ccc(Cl)cc2Cl)[nH]n1. The number of ether oxygens (including phenoxy) is 1. The summed E-state index contributed by atoms with van der Waals surface area (Å²) < 4.78 is 5.56. The molecule has 0 aliphatic carbocycles. The van der Waals surface area contributed by atoms with Crippen molar-refractivity contribution < 1.29 is 9.53 Å². The Balaban J connectivity index is 2.06. The number of aromatic nitrogens is 2. The van der Waals surface area contributed by atoms with Gasteiger partial charge in [-0.15, -0.1) is 0 Å². The maximum absolute atomic E-state index is 11.1. The van der Waals surface area contributed by atoms with E-state index >= 15 is 0 Å². The fourth-order valence-corrected chi connectivity index (χ4v) is 2.25. The molecule has 0 aliphatic heterocycles. The Morgan fingerprint density at radius 2 is 2.20 bits per heavy atom. The molecule has 1 N–H and O–H groups in total. The molecule has 20 heavy (non-hydrogen) atoms. The van der Waals surface area contributed by atoms with Crippen LogP contribution in [0.4, 0.5) is 0 Å². The highest BCUT2D eigenvalue weighted by molar-refractivity contribution is 6.35. The first kappa shape index (κ1) is 14.9. The van der Waals surface area contributed by atoms with Crippen LogP contribution in [-0.4, -0.2) is 22.6 Å². The Hall–Kier alpha value is -1.52. The summed E-state index contributed by atoms with van der Waals surface area (Å²) >= 11 is 11.9. The minimum atomic E-state index is -0.626. The predicted octanol–water partition coefficient (Wildman–Crippen LogP) is 3.47. The third-order valence-electron chi connectivity index (χ3n) is 2.84. The molecule has 0 spiro atoms. The van der Waals surface area contributed by atoms with E-state index in [4.69, 9.17) is 27.9 Å². The molecule has 2 aromatic rings. The van der Waals surface area contributed by atoms with E-state index in [0.29, 0.717) is 22.3 Å². The highest BCUT2D eigenvalue weighted by Crippen LogP contribution is 2.23. The van der Waals surface area contributed by atoms with Gasteiger partial charge in [0.25, 0.3) is 0 Å². The largest absolute Gasteiger partial charge is 0.467 e. The Labute approximate surface area is 127 Å². The minimum absolute atomic E-state index is 0.375. The number of aryl methyl sites for hydroxylation is 1. The molecule has 6 heteroatoms. The molecule has 0 fully saturated rings. The minimum Gasteiger partial charge on any atom is -0.467 e. The second-order valence-corrected chi connectivity index (χ2v) is 5.15. The highest BCUT2D eigenvalue weighted by Gasteiger charge is 2.14. The molecule has 1 aromatic heterocycles. The zero-order valence-corrected chi connectivity index (χ0v) is 12.4. The van der Waals surface area contributed by atoms with Crippen molar-refractivity contribution in [3.63, 3.8) is 0 Å². The summed E-state index contributed by atoms with van der Waals surface area (Å²) in [6, 6.07) is 6.94. The number of H-pyrrole nitrogens is 1. The van der Waals surface area contributed by atoms with Crippen LogP contribution in [0, 0.1) is 0 Å². The van der Waals surface area contributed by atoms with Gasteiger partial charge in [-0.2, -0.15) is 5.10 Å². The fraction of sp³-hybridized carbons (Fsp3) is 0.286. The molecule has 0 amide bonds. The van der Waals surface area contributed by atoms with Crippen LogP contribution in [0.15, 0.2) is 24.3 Å². The van der Waals surface area contributed by atoms with Gasteiger partial charge in [0.1, 0.15) is 0 Å². The lowest BCUT2D eigenvalue weighted by Crippen LogP contribution is -2.21. The third kappa shape index (κ3) is 3.74. The summed E-state index contributed by atoms with van der Waals surface area (Å²) in [6.45, 7) is 1.99. The lowest BCUT2D eigenvalue weighted by atomic mass is 10.1. The van der Waals surface area contributed by atoms with Crippen molar-refractivity contribution in [1.82, 2.24) is 10.2 Å². The number of nitrogens with zero attached hydrogens (tertiary/aromatic N) is 1. The second-order valence-electron chi connectivity index (χ2n) is 4.31. The number of carbonyl (C=O) groups is 1. The van der Waals surface area contributed by atoms with E-state index in [1.165, 1.54) is 0 Å². The number of hydrogen-bond donors (Lipinski definition) is 1. The molecule has 4 nitrogen and oxygen atoms in total. The summed E-state index contributed by atoms with van der Waals surface area (Å²) in [4.78, 5) is 11.1. The monoisotopic (exact) mass is 312 g/mol. The molecule has 1 aromatic carbocycles. The molecular formula is C14H14Cl2N2O2. The van der Waals surface area contributed by atoms with Gasteiger partial charge in [0.2, 0.25) is 5.88 Å². The number of hydrogen-bond acceptors (Lipinski definition) is 3. The molecule has 1 unspecified atom stereocenters. The van der Waals surface area contributed by atoms with E-state index in [9.17, 15) is 4.79 Å². The number of benzene rings is 1. The number of aromatic amines is 1. The first-order valence-electron chi connectivity index (χ1n) is 6.22.